The zero-order chi connectivity index (χ0) is 19.6. The summed E-state index contributed by atoms with van der Waals surface area (Å²) in [5.74, 6) is -2.12. The van der Waals surface area contributed by atoms with Crippen LogP contribution in [0.3, 0.4) is 0 Å². The van der Waals surface area contributed by atoms with Crippen molar-refractivity contribution in [2.75, 3.05) is 20.2 Å². The van der Waals surface area contributed by atoms with Gasteiger partial charge >= 0.3 is 12.1 Å². The molecule has 27 heavy (non-hydrogen) atoms. The first-order valence-corrected chi connectivity index (χ1v) is 8.87. The molecule has 1 amide bonds. The third kappa shape index (κ3) is 3.80. The van der Waals surface area contributed by atoms with Gasteiger partial charge in [-0.15, -0.1) is 0 Å². The molecule has 2 unspecified atom stereocenters. The molecular weight excluding hydrogens is 346 g/mol. The zero-order valence-corrected chi connectivity index (χ0v) is 15.3. The lowest BCUT2D eigenvalue weighted by Crippen LogP contribution is -2.40. The highest BCUT2D eigenvalue weighted by molar-refractivity contribution is 5.79. The summed E-state index contributed by atoms with van der Waals surface area (Å²) in [6, 6.07) is 16.1. The number of likely N-dealkylation sites (N-methyl/N-ethyl adjacent to an activating group) is 1. The molecule has 3 rings (SSSR count). The molecule has 2 atom stereocenters. The van der Waals surface area contributed by atoms with Crippen molar-refractivity contribution in [3.8, 4) is 11.1 Å². The first-order chi connectivity index (χ1) is 12.9. The molecule has 0 heterocycles. The van der Waals surface area contributed by atoms with Crippen LogP contribution in [0.4, 0.5) is 4.79 Å². The van der Waals surface area contributed by atoms with Gasteiger partial charge in [0.25, 0.3) is 0 Å². The highest BCUT2D eigenvalue weighted by Crippen LogP contribution is 2.44. The largest absolute Gasteiger partial charge is 0.481 e. The molecule has 142 valence electrons. The van der Waals surface area contributed by atoms with Gasteiger partial charge in [-0.05, 0) is 29.2 Å². The number of nitrogens with zero attached hydrogens (tertiary/aromatic N) is 1. The van der Waals surface area contributed by atoms with Gasteiger partial charge in [0.05, 0.1) is 18.6 Å². The molecule has 2 N–H and O–H groups in total. The Morgan fingerprint density at radius 2 is 1.59 bits per heavy atom. The fourth-order valence-corrected chi connectivity index (χ4v) is 3.38. The van der Waals surface area contributed by atoms with E-state index in [0.717, 1.165) is 22.3 Å². The van der Waals surface area contributed by atoms with Gasteiger partial charge in [0, 0.05) is 13.0 Å². The summed E-state index contributed by atoms with van der Waals surface area (Å²) in [5.41, 5.74) is 4.53. The number of aliphatic hydroxyl groups is 1. The van der Waals surface area contributed by atoms with Crippen LogP contribution >= 0.6 is 0 Å². The van der Waals surface area contributed by atoms with E-state index < -0.39 is 24.1 Å². The standard InChI is InChI=1S/C21H23NO5/c1-13(20(24)25)19(23)11-22(2)21(26)27-12-18-16-9-5-3-7-14(16)15-8-4-6-10-17(15)18/h3-10,13,18-19,23H,11-12H2,1-2H3,(H,24,25). The number of ether oxygens (including phenoxy) is 1. The number of hydrogen-bond donors (Lipinski definition) is 2. The number of benzene rings is 2. The Morgan fingerprint density at radius 3 is 2.11 bits per heavy atom. The Hall–Kier alpha value is -2.86. The number of hydrogen-bond acceptors (Lipinski definition) is 4. The van der Waals surface area contributed by atoms with Crippen LogP contribution < -0.4 is 0 Å². The lowest BCUT2D eigenvalue weighted by molar-refractivity contribution is -0.145. The topological polar surface area (TPSA) is 87.1 Å². The van der Waals surface area contributed by atoms with Gasteiger partial charge in [-0.1, -0.05) is 48.5 Å². The Bertz CT molecular complexity index is 804. The minimum atomic E-state index is -1.16. The summed E-state index contributed by atoms with van der Waals surface area (Å²) in [4.78, 5) is 24.4. The average Bonchev–Trinajstić information content (AvgIpc) is 2.99. The van der Waals surface area contributed by atoms with E-state index in [1.54, 1.807) is 0 Å². The van der Waals surface area contributed by atoms with Crippen molar-refractivity contribution in [2.45, 2.75) is 18.9 Å². The fraction of sp³-hybridized carbons (Fsp3) is 0.333. The summed E-state index contributed by atoms with van der Waals surface area (Å²) in [6.07, 6.45) is -1.75. The number of amides is 1. The molecule has 0 aliphatic heterocycles. The fourth-order valence-electron chi connectivity index (χ4n) is 3.38. The van der Waals surface area contributed by atoms with E-state index in [4.69, 9.17) is 9.84 Å². The van der Waals surface area contributed by atoms with E-state index in [1.165, 1.54) is 18.9 Å². The summed E-state index contributed by atoms with van der Waals surface area (Å²) < 4.78 is 5.47. The number of rotatable bonds is 6. The molecular formula is C21H23NO5. The van der Waals surface area contributed by atoms with Crippen LogP contribution in [0.15, 0.2) is 48.5 Å². The first-order valence-electron chi connectivity index (χ1n) is 8.87. The van der Waals surface area contributed by atoms with Gasteiger partial charge in [0.1, 0.15) is 6.61 Å². The molecule has 1 aliphatic carbocycles. The molecule has 2 aromatic carbocycles. The van der Waals surface area contributed by atoms with Gasteiger partial charge in [-0.25, -0.2) is 4.79 Å². The maximum absolute atomic E-state index is 12.3. The van der Waals surface area contributed by atoms with Crippen molar-refractivity contribution in [1.82, 2.24) is 4.90 Å². The molecule has 0 spiro atoms. The van der Waals surface area contributed by atoms with Gasteiger partial charge in [0.15, 0.2) is 0 Å². The molecule has 6 nitrogen and oxygen atoms in total. The monoisotopic (exact) mass is 369 g/mol. The van der Waals surface area contributed by atoms with E-state index >= 15 is 0 Å². The first kappa shape index (κ1) is 18.9. The number of carboxylic acid groups (broad SMARTS) is 1. The van der Waals surface area contributed by atoms with Crippen molar-refractivity contribution in [3.05, 3.63) is 59.7 Å². The van der Waals surface area contributed by atoms with Crippen molar-refractivity contribution >= 4 is 12.1 Å². The summed E-state index contributed by atoms with van der Waals surface area (Å²) in [6.45, 7) is 1.48. The minimum absolute atomic E-state index is 0.0439. The molecule has 2 aromatic rings. The lowest BCUT2D eigenvalue weighted by atomic mass is 9.98. The predicted octanol–water partition coefficient (Wildman–Crippen LogP) is 2.95. The predicted molar refractivity (Wildman–Crippen MR) is 101 cm³/mol. The number of aliphatic carboxylic acids is 1. The number of fused-ring (bicyclic) bond motifs is 3. The van der Waals surface area contributed by atoms with E-state index in [9.17, 15) is 14.7 Å². The normalized spacial score (nSPS) is 14.8. The van der Waals surface area contributed by atoms with Gasteiger partial charge in [0.2, 0.25) is 0 Å². The maximum atomic E-state index is 12.3. The van der Waals surface area contributed by atoms with E-state index in [2.05, 4.69) is 12.1 Å². The quantitative estimate of drug-likeness (QED) is 0.817. The van der Waals surface area contributed by atoms with Crippen molar-refractivity contribution in [3.63, 3.8) is 0 Å². The van der Waals surface area contributed by atoms with E-state index in [0.29, 0.717) is 0 Å². The third-order valence-electron chi connectivity index (χ3n) is 5.08. The van der Waals surface area contributed by atoms with Crippen LogP contribution in [0.25, 0.3) is 11.1 Å². The lowest BCUT2D eigenvalue weighted by Gasteiger charge is -2.23. The summed E-state index contributed by atoms with van der Waals surface area (Å²) in [7, 11) is 1.48. The number of carboxylic acids is 1. The second-order valence-electron chi connectivity index (χ2n) is 6.88. The highest BCUT2D eigenvalue weighted by atomic mass is 16.6. The highest BCUT2D eigenvalue weighted by Gasteiger charge is 2.30. The van der Waals surface area contributed by atoms with Crippen LogP contribution in [-0.2, 0) is 9.53 Å². The Balaban J connectivity index is 1.66. The van der Waals surface area contributed by atoms with Gasteiger partial charge in [-0.2, -0.15) is 0 Å². The molecule has 0 saturated heterocycles. The minimum Gasteiger partial charge on any atom is -0.481 e. The summed E-state index contributed by atoms with van der Waals surface area (Å²) >= 11 is 0. The second kappa shape index (κ2) is 7.80. The molecule has 1 aliphatic rings. The molecule has 0 aromatic heterocycles. The number of carbonyl (C=O) groups is 2. The second-order valence-corrected chi connectivity index (χ2v) is 6.88. The van der Waals surface area contributed by atoms with Gasteiger partial charge in [-0.3, -0.25) is 4.79 Å². The Kier molecular flexibility index (Phi) is 5.46. The zero-order valence-electron chi connectivity index (χ0n) is 15.3. The Labute approximate surface area is 158 Å². The molecule has 6 heteroatoms. The number of aliphatic hydroxyl groups excluding tert-OH is 1. The average molecular weight is 369 g/mol. The SMILES string of the molecule is CC(C(=O)O)C(O)CN(C)C(=O)OCC1c2ccccc2-c2ccccc21. The van der Waals surface area contributed by atoms with E-state index in [-0.39, 0.29) is 19.1 Å². The molecule has 0 saturated carbocycles. The van der Waals surface area contributed by atoms with Crippen molar-refractivity contribution in [1.29, 1.82) is 0 Å². The smallest absolute Gasteiger partial charge is 0.409 e. The molecule has 0 bridgehead atoms. The number of carbonyl (C=O) groups excluding carboxylic acids is 1. The van der Waals surface area contributed by atoms with Crippen LogP contribution in [-0.4, -0.2) is 53.5 Å². The Morgan fingerprint density at radius 1 is 1.07 bits per heavy atom. The van der Waals surface area contributed by atoms with Crippen LogP contribution in [0, 0.1) is 5.92 Å². The molecule has 0 fully saturated rings. The van der Waals surface area contributed by atoms with Crippen LogP contribution in [0.5, 0.6) is 0 Å². The maximum Gasteiger partial charge on any atom is 0.409 e. The van der Waals surface area contributed by atoms with Gasteiger partial charge < -0.3 is 19.8 Å². The van der Waals surface area contributed by atoms with Crippen molar-refractivity contribution < 1.29 is 24.5 Å². The third-order valence-corrected chi connectivity index (χ3v) is 5.08. The van der Waals surface area contributed by atoms with Crippen LogP contribution in [0.1, 0.15) is 24.0 Å². The molecule has 0 radical (unpaired) electrons. The van der Waals surface area contributed by atoms with E-state index in [1.807, 2.05) is 36.4 Å². The summed E-state index contributed by atoms with van der Waals surface area (Å²) in [5, 5.41) is 18.9. The van der Waals surface area contributed by atoms with Crippen LogP contribution in [0.2, 0.25) is 0 Å². The van der Waals surface area contributed by atoms with Crippen molar-refractivity contribution in [2.24, 2.45) is 5.92 Å².